The molecule has 0 aromatic heterocycles. The highest BCUT2D eigenvalue weighted by Gasteiger charge is 2.59. The minimum atomic E-state index is -2.20. The zero-order valence-corrected chi connectivity index (χ0v) is 45.6. The van der Waals surface area contributed by atoms with Crippen LogP contribution in [0.1, 0.15) is 13.8 Å². The van der Waals surface area contributed by atoms with Gasteiger partial charge < -0.3 is 179 Å². The van der Waals surface area contributed by atoms with E-state index in [1.54, 1.807) is 0 Å². The lowest BCUT2D eigenvalue weighted by atomic mass is 9.95. The highest BCUT2D eigenvalue weighted by Crippen LogP contribution is 2.39. The summed E-state index contributed by atoms with van der Waals surface area (Å²) in [5.41, 5.74) is 0. The Morgan fingerprint density at radius 2 is 0.440 bits per heavy atom. The topological polar surface area (TPSA) is 549 Å². The Kier molecular flexibility index (Phi) is 24.6. The number of likely N-dealkylation sites (N-methyl/N-ethyl adjacent to an activating group) is 1. The first-order chi connectivity index (χ1) is 40.1. The van der Waals surface area contributed by atoms with Gasteiger partial charge in [0.1, 0.15) is 171 Å². The smallest absolute Gasteiger partial charge is 0.187 e. The highest BCUT2D eigenvalue weighted by atomic mass is 16.8. The van der Waals surface area contributed by atoms with Crippen LogP contribution in [0, 0.1) is 0 Å². The van der Waals surface area contributed by atoms with Gasteiger partial charge >= 0.3 is 0 Å². The van der Waals surface area contributed by atoms with E-state index in [0.717, 1.165) is 0 Å². The predicted molar refractivity (Wildman–Crippen MR) is 262 cm³/mol. The number of aliphatic hydroxyl groups excluding tert-OH is 20. The molecule has 21 rings (SSSR count). The van der Waals surface area contributed by atoms with Crippen LogP contribution in [0.25, 0.3) is 0 Å². The summed E-state index contributed by atoms with van der Waals surface area (Å²) >= 11 is 0. The van der Waals surface area contributed by atoms with Gasteiger partial charge in [-0.3, -0.25) is 0 Å². The van der Waals surface area contributed by atoms with Crippen molar-refractivity contribution < 1.29 is 168 Å². The van der Waals surface area contributed by atoms with Gasteiger partial charge in [0.2, 0.25) is 0 Å². The molecule has 36 heteroatoms. The van der Waals surface area contributed by atoms with E-state index in [4.69, 9.17) is 66.3 Å². The molecule has 84 heavy (non-hydrogen) atoms. The minimum absolute atomic E-state index is 0.212. The third-order valence-electron chi connectivity index (χ3n) is 16.4. The van der Waals surface area contributed by atoms with Crippen LogP contribution < -0.4 is 5.32 Å². The van der Waals surface area contributed by atoms with Crippen LogP contribution in [0.4, 0.5) is 0 Å². The second-order valence-corrected chi connectivity index (χ2v) is 21.7. The van der Waals surface area contributed by atoms with Crippen molar-refractivity contribution in [3.05, 3.63) is 0 Å². The summed E-state index contributed by atoms with van der Waals surface area (Å²) in [6, 6.07) is 0. The number of aliphatic hydroxyl groups is 20. The second-order valence-electron chi connectivity index (χ2n) is 21.7. The van der Waals surface area contributed by atoms with Crippen molar-refractivity contribution >= 4 is 0 Å². The van der Waals surface area contributed by atoms with Gasteiger partial charge in [0.15, 0.2) is 44.0 Å². The summed E-state index contributed by atoms with van der Waals surface area (Å²) in [5, 5.41) is 226. The molecule has 0 saturated carbocycles. The quantitative estimate of drug-likeness (QED) is 0.0762. The maximum Gasteiger partial charge on any atom is 0.187 e. The number of ether oxygens (including phenoxy) is 14. The fourth-order valence-electron chi connectivity index (χ4n) is 11.5. The number of hydrogen-bond acceptors (Lipinski definition) is 36. The van der Waals surface area contributed by atoms with Crippen molar-refractivity contribution in [3.8, 4) is 0 Å². The van der Waals surface area contributed by atoms with E-state index in [0.29, 0.717) is 26.2 Å². The summed E-state index contributed by atoms with van der Waals surface area (Å²) in [5.74, 6) is 0. The Morgan fingerprint density at radius 3 is 0.619 bits per heavy atom. The molecule has 490 valence electrons. The molecule has 21 aliphatic rings. The van der Waals surface area contributed by atoms with Gasteiger partial charge in [-0.2, -0.15) is 0 Å². The summed E-state index contributed by atoms with van der Waals surface area (Å²) in [7, 11) is 0. The van der Waals surface area contributed by atoms with Crippen LogP contribution in [-0.2, 0) is 66.3 Å². The van der Waals surface area contributed by atoms with Gasteiger partial charge in [-0.15, -0.1) is 0 Å². The van der Waals surface area contributed by atoms with Crippen LogP contribution >= 0.6 is 0 Å². The fourth-order valence-corrected chi connectivity index (χ4v) is 11.5. The number of nitrogens with one attached hydrogen (secondary N) is 1. The second kappa shape index (κ2) is 30.1. The van der Waals surface area contributed by atoms with Gasteiger partial charge in [0.25, 0.3) is 0 Å². The van der Waals surface area contributed by atoms with Crippen molar-refractivity contribution in [2.75, 3.05) is 72.4 Å². The van der Waals surface area contributed by atoms with Gasteiger partial charge in [-0.25, -0.2) is 0 Å². The van der Waals surface area contributed by atoms with Crippen molar-refractivity contribution in [2.45, 2.75) is 229 Å². The van der Waals surface area contributed by atoms with Crippen LogP contribution in [0.3, 0.4) is 0 Å². The van der Waals surface area contributed by atoms with E-state index in [1.807, 2.05) is 13.8 Å². The molecule has 21 aliphatic heterocycles. The molecule has 0 unspecified atom stereocenters. The number of rotatable bonds is 13. The van der Waals surface area contributed by atoms with Crippen molar-refractivity contribution in [2.24, 2.45) is 0 Å². The fraction of sp³-hybridized carbons (Fsp3) is 1.00. The normalized spacial score (nSPS) is 51.8. The Morgan fingerprint density at radius 1 is 0.262 bits per heavy atom. The number of nitrogens with zero attached hydrogens (tertiary/aromatic N) is 1. The summed E-state index contributed by atoms with van der Waals surface area (Å²) in [6.07, 6.45) is -68.9. The molecular weight excluding hydrogens is 1150 g/mol. The van der Waals surface area contributed by atoms with Gasteiger partial charge in [0.05, 0.1) is 39.6 Å². The van der Waals surface area contributed by atoms with Crippen LogP contribution in [0.2, 0.25) is 0 Å². The molecule has 21 N–H and O–H groups in total. The molecular formula is C48H84N2O34. The zero-order valence-electron chi connectivity index (χ0n) is 45.6. The zero-order chi connectivity index (χ0) is 61.2. The summed E-state index contributed by atoms with van der Waals surface area (Å²) in [4.78, 5) is 2.07. The molecule has 14 bridgehead atoms. The SMILES string of the molecule is CCN(CC)CCNC[C@H]1O[C@@H]2O[C@H]3[C@H](O)[C@@H](O)[C@@H](O[C@H]4[C@H](O)[C@@H](O)[C@@H](O[C@H]5[C@H](O)[C@@H](O)[C@@H](O[C@H]6[C@H](O)[C@@H](O)[C@@H](O[C@H]7[C@H](O)[C@@H](O)[C@@H](O[C@H]8[C@H](O)[C@@H](O)[C@@H](O[C@H]1[C@H](O)[C@H]2O)O[C@@H]8CO)O[C@@H]7CO)O[C@@H]6CO)O[C@@H]5CO)O[C@@H]4CO)O[C@@H]3CO. The van der Waals surface area contributed by atoms with Crippen molar-refractivity contribution in [1.29, 1.82) is 0 Å². The van der Waals surface area contributed by atoms with E-state index in [-0.39, 0.29) is 6.54 Å². The molecule has 0 aliphatic carbocycles. The molecule has 0 spiro atoms. The highest BCUT2D eigenvalue weighted by molar-refractivity contribution is 5.02. The van der Waals surface area contributed by atoms with Crippen LogP contribution in [0.15, 0.2) is 0 Å². The molecule has 0 radical (unpaired) electrons. The Balaban J connectivity index is 1.09. The van der Waals surface area contributed by atoms with Crippen LogP contribution in [-0.4, -0.2) is 394 Å². The van der Waals surface area contributed by atoms with E-state index >= 15 is 0 Å². The molecule has 21 heterocycles. The van der Waals surface area contributed by atoms with E-state index in [9.17, 15) is 102 Å². The average Bonchev–Trinajstić information content (AvgIpc) is 1.31. The lowest BCUT2D eigenvalue weighted by Crippen LogP contribution is -2.68. The monoisotopic (exact) mass is 1230 g/mol. The van der Waals surface area contributed by atoms with E-state index < -0.39 is 255 Å². The third kappa shape index (κ3) is 14.2. The van der Waals surface area contributed by atoms with E-state index in [2.05, 4.69) is 10.2 Å². The van der Waals surface area contributed by atoms with Crippen molar-refractivity contribution in [3.63, 3.8) is 0 Å². The standard InChI is InChI=1S/C48H84N2O34/c1-3-50(4-2)6-5-49-7-14-35-21(57)28(64)42(71-14)79-36-15(8-51)73-44(30(66)23(36)59)81-38-17(10-53)75-46(32(68)25(38)61)83-40-19(12-55)77-48(34(70)27(40)63)84-41-20(13-56)76-47(33(69)26(41)62)82-39-18(11-54)74-45(31(67)24(39)60)80-37-16(9-52)72-43(78-35)29(65)22(37)58/h14-49,51-70H,3-13H2,1-2H3/t14-,15-,16-,17-,18-,19-,20-,21-,22-,23-,24-,25-,26-,27-,28-,29-,30-,31-,32-,33-,34-,35-,36-,37-,38-,39-,40-,41-,42-,43-,44-,45-,46-,47-,48-/m1/s1. The van der Waals surface area contributed by atoms with E-state index in [1.165, 1.54) is 0 Å². The van der Waals surface area contributed by atoms with Gasteiger partial charge in [-0.05, 0) is 13.1 Å². The first-order valence-corrected chi connectivity index (χ1v) is 27.9. The number of hydrogen-bond donors (Lipinski definition) is 21. The summed E-state index contributed by atoms with van der Waals surface area (Å²) in [6.45, 7) is -0.311. The molecule has 0 amide bonds. The third-order valence-corrected chi connectivity index (χ3v) is 16.4. The van der Waals surface area contributed by atoms with Gasteiger partial charge in [0, 0.05) is 19.6 Å². The maximum atomic E-state index is 11.8. The minimum Gasteiger partial charge on any atom is -0.394 e. The average molecular weight is 1230 g/mol. The first-order valence-electron chi connectivity index (χ1n) is 27.9. The lowest BCUT2D eigenvalue weighted by molar-refractivity contribution is -0.396. The first kappa shape index (κ1) is 68.5. The predicted octanol–water partition coefficient (Wildman–Crippen LogP) is -14.3. The molecule has 36 nitrogen and oxygen atoms in total. The largest absolute Gasteiger partial charge is 0.394 e. The maximum absolute atomic E-state index is 11.8. The Labute approximate surface area is 479 Å². The van der Waals surface area contributed by atoms with Gasteiger partial charge in [-0.1, -0.05) is 13.8 Å². The Bertz CT molecular complexity index is 1970. The van der Waals surface area contributed by atoms with Crippen molar-refractivity contribution in [1.82, 2.24) is 10.2 Å². The summed E-state index contributed by atoms with van der Waals surface area (Å²) < 4.78 is 81.4. The Hall–Kier alpha value is -1.44. The lowest BCUT2D eigenvalue weighted by Gasteiger charge is -2.50. The van der Waals surface area contributed by atoms with Crippen LogP contribution in [0.5, 0.6) is 0 Å². The molecule has 35 atom stereocenters. The molecule has 21 saturated heterocycles. The molecule has 0 aromatic carbocycles. The molecule has 21 fully saturated rings. The molecule has 0 aromatic rings.